The maximum Gasteiger partial charge on any atom is 0.163 e. The number of pyridine rings is 1. The summed E-state index contributed by atoms with van der Waals surface area (Å²) in [5.41, 5.74) is 6.66. The smallest absolute Gasteiger partial charge is 0.163 e. The Morgan fingerprint density at radius 2 is 2.36 bits per heavy atom. The van der Waals surface area contributed by atoms with Crippen molar-refractivity contribution in [2.75, 3.05) is 6.67 Å². The molecule has 1 aliphatic rings. The molecule has 0 bridgehead atoms. The third-order valence-electron chi connectivity index (χ3n) is 1.43. The van der Waals surface area contributed by atoms with Gasteiger partial charge in [0, 0.05) is 6.20 Å². The van der Waals surface area contributed by atoms with Gasteiger partial charge in [0.1, 0.15) is 12.4 Å². The SMILES string of the molecule is c1ccc(C2=NCNN2)nc1. The van der Waals surface area contributed by atoms with Gasteiger partial charge < -0.3 is 5.43 Å². The Morgan fingerprint density at radius 3 is 3.00 bits per heavy atom. The van der Waals surface area contributed by atoms with E-state index in [0.717, 1.165) is 11.5 Å². The van der Waals surface area contributed by atoms with Crippen LogP contribution in [0.4, 0.5) is 0 Å². The second-order valence-electron chi connectivity index (χ2n) is 2.18. The number of nitrogens with zero attached hydrogens (tertiary/aromatic N) is 2. The molecule has 4 nitrogen and oxygen atoms in total. The van der Waals surface area contributed by atoms with E-state index < -0.39 is 0 Å². The summed E-state index contributed by atoms with van der Waals surface area (Å²) in [4.78, 5) is 8.27. The molecular formula is C7H8N4. The fourth-order valence-electron chi connectivity index (χ4n) is 0.929. The lowest BCUT2D eigenvalue weighted by Crippen LogP contribution is -2.30. The molecule has 0 saturated carbocycles. The van der Waals surface area contributed by atoms with Crippen LogP contribution in [0.25, 0.3) is 0 Å². The lowest BCUT2D eigenvalue weighted by Gasteiger charge is -1.98. The first-order valence-corrected chi connectivity index (χ1v) is 3.41. The second kappa shape index (κ2) is 2.67. The van der Waals surface area contributed by atoms with Gasteiger partial charge >= 0.3 is 0 Å². The zero-order valence-electron chi connectivity index (χ0n) is 5.91. The molecule has 1 aromatic heterocycles. The number of aromatic nitrogens is 1. The highest BCUT2D eigenvalue weighted by Gasteiger charge is 2.06. The molecule has 56 valence electrons. The van der Waals surface area contributed by atoms with Gasteiger partial charge in [0.15, 0.2) is 5.84 Å². The van der Waals surface area contributed by atoms with Crippen molar-refractivity contribution in [3.8, 4) is 0 Å². The van der Waals surface area contributed by atoms with E-state index in [1.54, 1.807) is 6.20 Å². The third kappa shape index (κ3) is 1.20. The van der Waals surface area contributed by atoms with Gasteiger partial charge in [-0.3, -0.25) is 4.98 Å². The van der Waals surface area contributed by atoms with Gasteiger partial charge in [-0.1, -0.05) is 6.07 Å². The summed E-state index contributed by atoms with van der Waals surface area (Å²) in [6.45, 7) is 0.617. The maximum atomic E-state index is 4.14. The Hall–Kier alpha value is -1.42. The first kappa shape index (κ1) is 6.30. The normalized spacial score (nSPS) is 15.8. The van der Waals surface area contributed by atoms with E-state index in [1.807, 2.05) is 18.2 Å². The lowest BCUT2D eigenvalue weighted by molar-refractivity contribution is 0.727. The largest absolute Gasteiger partial charge is 0.302 e. The highest BCUT2D eigenvalue weighted by Crippen LogP contribution is 1.95. The van der Waals surface area contributed by atoms with Crippen LogP contribution in [-0.2, 0) is 0 Å². The standard InChI is InChI=1S/C7H8N4/c1-2-4-8-6(3-1)7-9-5-10-11-7/h1-4,10H,5H2,(H,9,11). The average molecular weight is 148 g/mol. The molecule has 0 fully saturated rings. The number of amidine groups is 1. The van der Waals surface area contributed by atoms with E-state index in [4.69, 9.17) is 0 Å². The lowest BCUT2D eigenvalue weighted by atomic mass is 10.3. The Balaban J connectivity index is 2.29. The molecule has 1 aromatic rings. The van der Waals surface area contributed by atoms with Crippen molar-refractivity contribution in [3.05, 3.63) is 30.1 Å². The summed E-state index contributed by atoms with van der Waals surface area (Å²) in [6.07, 6.45) is 1.75. The van der Waals surface area contributed by atoms with Gasteiger partial charge in [-0.2, -0.15) is 0 Å². The van der Waals surface area contributed by atoms with Gasteiger partial charge in [-0.25, -0.2) is 10.4 Å². The molecule has 0 amide bonds. The summed E-state index contributed by atoms with van der Waals surface area (Å²) in [5, 5.41) is 0. The molecule has 2 N–H and O–H groups in total. The fraction of sp³-hybridized carbons (Fsp3) is 0.143. The third-order valence-corrected chi connectivity index (χ3v) is 1.43. The molecule has 11 heavy (non-hydrogen) atoms. The monoisotopic (exact) mass is 148 g/mol. The first-order chi connectivity index (χ1) is 5.47. The van der Waals surface area contributed by atoms with Crippen molar-refractivity contribution in [2.24, 2.45) is 4.99 Å². The van der Waals surface area contributed by atoms with E-state index in [0.29, 0.717) is 6.67 Å². The Labute approximate surface area is 64.3 Å². The van der Waals surface area contributed by atoms with Crippen LogP contribution in [0, 0.1) is 0 Å². The summed E-state index contributed by atoms with van der Waals surface area (Å²) in [5.74, 6) is 0.811. The number of rotatable bonds is 1. The molecule has 2 heterocycles. The Kier molecular flexibility index (Phi) is 1.53. The summed E-state index contributed by atoms with van der Waals surface area (Å²) >= 11 is 0. The second-order valence-corrected chi connectivity index (χ2v) is 2.18. The molecule has 0 unspecified atom stereocenters. The van der Waals surface area contributed by atoms with Crippen molar-refractivity contribution in [3.63, 3.8) is 0 Å². The van der Waals surface area contributed by atoms with Crippen LogP contribution >= 0.6 is 0 Å². The van der Waals surface area contributed by atoms with E-state index >= 15 is 0 Å². The topological polar surface area (TPSA) is 49.3 Å². The molecule has 0 radical (unpaired) electrons. The minimum Gasteiger partial charge on any atom is -0.302 e. The molecule has 4 heteroatoms. The quantitative estimate of drug-likeness (QED) is 0.584. The van der Waals surface area contributed by atoms with Crippen LogP contribution in [0.3, 0.4) is 0 Å². The summed E-state index contributed by atoms with van der Waals surface area (Å²) in [7, 11) is 0. The Bertz CT molecular complexity index is 267. The zero-order valence-corrected chi connectivity index (χ0v) is 5.91. The Morgan fingerprint density at radius 1 is 1.36 bits per heavy atom. The predicted octanol–water partition coefficient (Wildman–Crippen LogP) is -0.107. The van der Waals surface area contributed by atoms with Crippen LogP contribution in [0.5, 0.6) is 0 Å². The van der Waals surface area contributed by atoms with Crippen LogP contribution in [0.1, 0.15) is 5.69 Å². The molecular weight excluding hydrogens is 140 g/mol. The van der Waals surface area contributed by atoms with Crippen LogP contribution in [0.15, 0.2) is 29.4 Å². The number of hydrazine groups is 1. The number of aliphatic imine (C=N–C) groups is 1. The van der Waals surface area contributed by atoms with Gasteiger partial charge in [-0.15, -0.1) is 0 Å². The fourth-order valence-corrected chi connectivity index (χ4v) is 0.929. The van der Waals surface area contributed by atoms with E-state index in [1.165, 1.54) is 0 Å². The van der Waals surface area contributed by atoms with Gasteiger partial charge in [-0.05, 0) is 12.1 Å². The van der Waals surface area contributed by atoms with E-state index in [9.17, 15) is 0 Å². The predicted molar refractivity (Wildman–Crippen MR) is 41.9 cm³/mol. The number of nitrogens with one attached hydrogen (secondary N) is 2. The van der Waals surface area contributed by atoms with Crippen molar-refractivity contribution >= 4 is 5.84 Å². The van der Waals surface area contributed by atoms with Crippen LogP contribution in [-0.4, -0.2) is 17.5 Å². The van der Waals surface area contributed by atoms with Crippen molar-refractivity contribution in [1.29, 1.82) is 0 Å². The van der Waals surface area contributed by atoms with Gasteiger partial charge in [0.05, 0.1) is 0 Å². The van der Waals surface area contributed by atoms with Crippen molar-refractivity contribution in [1.82, 2.24) is 15.8 Å². The highest BCUT2D eigenvalue weighted by molar-refractivity contribution is 5.97. The molecule has 2 rings (SSSR count). The number of hydrogen-bond acceptors (Lipinski definition) is 4. The van der Waals surface area contributed by atoms with Gasteiger partial charge in [0.25, 0.3) is 0 Å². The van der Waals surface area contributed by atoms with Crippen molar-refractivity contribution < 1.29 is 0 Å². The molecule has 1 aliphatic heterocycles. The molecule has 0 spiro atoms. The number of hydrogen-bond donors (Lipinski definition) is 2. The highest BCUT2D eigenvalue weighted by atomic mass is 15.5. The maximum absolute atomic E-state index is 4.14. The summed E-state index contributed by atoms with van der Waals surface area (Å²) < 4.78 is 0. The van der Waals surface area contributed by atoms with Gasteiger partial charge in [0.2, 0.25) is 0 Å². The first-order valence-electron chi connectivity index (χ1n) is 3.41. The van der Waals surface area contributed by atoms with Crippen molar-refractivity contribution in [2.45, 2.75) is 0 Å². The molecule has 0 atom stereocenters. The average Bonchev–Trinajstić information content (AvgIpc) is 2.58. The zero-order chi connectivity index (χ0) is 7.52. The van der Waals surface area contributed by atoms with Crippen LogP contribution < -0.4 is 10.9 Å². The van der Waals surface area contributed by atoms with E-state index in [-0.39, 0.29) is 0 Å². The molecule has 0 aromatic carbocycles. The minimum atomic E-state index is 0.617. The minimum absolute atomic E-state index is 0.617. The molecule has 0 saturated heterocycles. The molecule has 0 aliphatic carbocycles. The van der Waals surface area contributed by atoms with Crippen LogP contribution in [0.2, 0.25) is 0 Å². The van der Waals surface area contributed by atoms with E-state index in [2.05, 4.69) is 20.8 Å². The summed E-state index contributed by atoms with van der Waals surface area (Å²) in [6, 6.07) is 5.73.